The van der Waals surface area contributed by atoms with Gasteiger partial charge in [0, 0.05) is 43.7 Å². The summed E-state index contributed by atoms with van der Waals surface area (Å²) in [6.07, 6.45) is 5.54. The first-order valence-corrected chi connectivity index (χ1v) is 11.9. The quantitative estimate of drug-likeness (QED) is 0.431. The Kier molecular flexibility index (Phi) is 10.7. The first kappa shape index (κ1) is 27.5. The van der Waals surface area contributed by atoms with Crippen LogP contribution in [0.25, 0.3) is 0 Å². The summed E-state index contributed by atoms with van der Waals surface area (Å²) in [5.74, 6) is -0.171. The third-order valence-electron chi connectivity index (χ3n) is 6.28. The number of benzene rings is 1. The highest BCUT2D eigenvalue weighted by Gasteiger charge is 2.35. The average Bonchev–Trinajstić information content (AvgIpc) is 2.78. The van der Waals surface area contributed by atoms with Crippen LogP contribution in [0.1, 0.15) is 38.7 Å². The van der Waals surface area contributed by atoms with Gasteiger partial charge < -0.3 is 26.4 Å². The Morgan fingerprint density at radius 3 is 2.24 bits per heavy atom. The van der Waals surface area contributed by atoms with Crippen LogP contribution in [-0.4, -0.2) is 70.1 Å². The zero-order valence-corrected chi connectivity index (χ0v) is 20.5. The fourth-order valence-electron chi connectivity index (χ4n) is 4.58. The van der Waals surface area contributed by atoms with Gasteiger partial charge in [0.15, 0.2) is 0 Å². The molecule has 1 aromatic rings. The molecular formula is C27H40N4O3. The molecule has 0 spiro atoms. The van der Waals surface area contributed by atoms with Gasteiger partial charge in [0.25, 0.3) is 0 Å². The van der Waals surface area contributed by atoms with E-state index in [0.29, 0.717) is 25.9 Å². The fourth-order valence-corrected chi connectivity index (χ4v) is 4.58. The summed E-state index contributed by atoms with van der Waals surface area (Å²) in [5.41, 5.74) is 14.3. The highest BCUT2D eigenvalue weighted by atomic mass is 16.3. The number of amides is 2. The smallest absolute Gasteiger partial charge is 0.225 e. The SMILES string of the molecule is C=C/C=C(\C=C)CC(N)CC(=O)N1[C@H](C)CN(C(=O)CC(O)C(N)Cc2ccccc2)C[C@@H]1C. The van der Waals surface area contributed by atoms with E-state index in [9.17, 15) is 14.7 Å². The fraction of sp³-hybridized carbons (Fsp3) is 0.481. The van der Waals surface area contributed by atoms with Gasteiger partial charge in [0.2, 0.25) is 11.8 Å². The van der Waals surface area contributed by atoms with Crippen LogP contribution in [0, 0.1) is 0 Å². The molecule has 5 atom stereocenters. The number of carbonyl (C=O) groups is 2. The Bertz CT molecular complexity index is 858. The van der Waals surface area contributed by atoms with Crippen molar-refractivity contribution in [3.05, 3.63) is 72.9 Å². The van der Waals surface area contributed by atoms with Crippen LogP contribution in [0.15, 0.2) is 67.3 Å². The maximum atomic E-state index is 13.0. The molecule has 3 unspecified atom stereocenters. The van der Waals surface area contributed by atoms with Crippen LogP contribution < -0.4 is 11.5 Å². The summed E-state index contributed by atoms with van der Waals surface area (Å²) in [5, 5.41) is 10.5. The van der Waals surface area contributed by atoms with Gasteiger partial charge in [-0.25, -0.2) is 0 Å². The minimum atomic E-state index is -0.932. The summed E-state index contributed by atoms with van der Waals surface area (Å²) in [4.78, 5) is 29.4. The van der Waals surface area contributed by atoms with Crippen LogP contribution in [-0.2, 0) is 16.0 Å². The van der Waals surface area contributed by atoms with Crippen molar-refractivity contribution in [1.29, 1.82) is 0 Å². The van der Waals surface area contributed by atoms with Gasteiger partial charge in [0.1, 0.15) is 0 Å². The zero-order valence-electron chi connectivity index (χ0n) is 20.5. The molecule has 5 N–H and O–H groups in total. The van der Waals surface area contributed by atoms with Crippen molar-refractivity contribution in [2.45, 2.75) is 69.8 Å². The Labute approximate surface area is 203 Å². The molecule has 1 aliphatic heterocycles. The molecule has 1 aromatic carbocycles. The van der Waals surface area contributed by atoms with E-state index in [2.05, 4.69) is 13.2 Å². The Morgan fingerprint density at radius 1 is 1.06 bits per heavy atom. The number of aliphatic hydroxyl groups excluding tert-OH is 1. The lowest BCUT2D eigenvalue weighted by Gasteiger charge is -2.45. The van der Waals surface area contributed by atoms with Gasteiger partial charge in [-0.15, -0.1) is 0 Å². The number of hydrogen-bond donors (Lipinski definition) is 3. The second-order valence-corrected chi connectivity index (χ2v) is 9.27. The van der Waals surface area contributed by atoms with E-state index >= 15 is 0 Å². The van der Waals surface area contributed by atoms with Gasteiger partial charge in [0.05, 0.1) is 12.5 Å². The first-order chi connectivity index (χ1) is 16.2. The third-order valence-corrected chi connectivity index (χ3v) is 6.28. The minimum absolute atomic E-state index is 0.0217. The van der Waals surface area contributed by atoms with E-state index in [1.54, 1.807) is 17.1 Å². The number of aliphatic hydroxyl groups is 1. The van der Waals surface area contributed by atoms with Gasteiger partial charge >= 0.3 is 0 Å². The molecule has 0 bridgehead atoms. The Balaban J connectivity index is 1.89. The lowest BCUT2D eigenvalue weighted by molar-refractivity contribution is -0.147. The van der Waals surface area contributed by atoms with Crippen LogP contribution >= 0.6 is 0 Å². The molecular weight excluding hydrogens is 428 g/mol. The lowest BCUT2D eigenvalue weighted by Crippen LogP contribution is -2.60. The highest BCUT2D eigenvalue weighted by Crippen LogP contribution is 2.20. The van der Waals surface area contributed by atoms with E-state index in [-0.39, 0.29) is 42.8 Å². The van der Waals surface area contributed by atoms with Crippen molar-refractivity contribution in [1.82, 2.24) is 9.80 Å². The molecule has 186 valence electrons. The molecule has 2 amide bonds. The summed E-state index contributed by atoms with van der Waals surface area (Å²) < 4.78 is 0. The molecule has 1 aliphatic rings. The summed E-state index contributed by atoms with van der Waals surface area (Å²) in [7, 11) is 0. The lowest BCUT2D eigenvalue weighted by atomic mass is 9.98. The normalized spacial score (nSPS) is 21.5. The van der Waals surface area contributed by atoms with Crippen LogP contribution in [0.2, 0.25) is 0 Å². The highest BCUT2D eigenvalue weighted by molar-refractivity contribution is 5.80. The van der Waals surface area contributed by atoms with E-state index in [1.807, 2.05) is 55.2 Å². The van der Waals surface area contributed by atoms with Gasteiger partial charge in [-0.1, -0.05) is 61.7 Å². The van der Waals surface area contributed by atoms with E-state index in [0.717, 1.165) is 11.1 Å². The molecule has 1 fully saturated rings. The van der Waals surface area contributed by atoms with E-state index < -0.39 is 12.1 Å². The largest absolute Gasteiger partial charge is 0.391 e. The minimum Gasteiger partial charge on any atom is -0.391 e. The predicted octanol–water partition coefficient (Wildman–Crippen LogP) is 2.16. The van der Waals surface area contributed by atoms with Crippen molar-refractivity contribution < 1.29 is 14.7 Å². The predicted molar refractivity (Wildman–Crippen MR) is 137 cm³/mol. The average molecular weight is 469 g/mol. The van der Waals surface area contributed by atoms with Crippen LogP contribution in [0.4, 0.5) is 0 Å². The molecule has 7 nitrogen and oxygen atoms in total. The number of rotatable bonds is 11. The van der Waals surface area contributed by atoms with Crippen molar-refractivity contribution >= 4 is 11.8 Å². The summed E-state index contributed by atoms with van der Waals surface area (Å²) in [6.45, 7) is 12.2. The van der Waals surface area contributed by atoms with Crippen molar-refractivity contribution in [3.8, 4) is 0 Å². The van der Waals surface area contributed by atoms with Gasteiger partial charge in [-0.3, -0.25) is 9.59 Å². The number of carbonyl (C=O) groups excluding carboxylic acids is 2. The molecule has 0 radical (unpaired) electrons. The summed E-state index contributed by atoms with van der Waals surface area (Å²) in [6, 6.07) is 8.53. The first-order valence-electron chi connectivity index (χ1n) is 11.9. The van der Waals surface area contributed by atoms with Crippen LogP contribution in [0.3, 0.4) is 0 Å². The van der Waals surface area contributed by atoms with Crippen molar-refractivity contribution in [3.63, 3.8) is 0 Å². The second-order valence-electron chi connectivity index (χ2n) is 9.27. The number of nitrogens with two attached hydrogens (primary N) is 2. The molecule has 1 saturated heterocycles. The number of hydrogen-bond acceptors (Lipinski definition) is 5. The van der Waals surface area contributed by atoms with E-state index in [1.165, 1.54) is 0 Å². The second kappa shape index (κ2) is 13.2. The van der Waals surface area contributed by atoms with Crippen molar-refractivity contribution in [2.24, 2.45) is 11.5 Å². The Hall–Kier alpha value is -2.74. The maximum Gasteiger partial charge on any atom is 0.225 e. The maximum absolute atomic E-state index is 13.0. The van der Waals surface area contributed by atoms with Gasteiger partial charge in [-0.05, 0) is 37.8 Å². The standard InChI is InChI=1S/C27H40N4O3/c1-5-10-21(6-2)13-23(28)15-27(34)31-19(3)17-30(18-20(31)4)26(33)16-25(32)24(29)14-22-11-8-7-9-12-22/h5-12,19-20,23-25,32H,1-2,13-18,28-29H2,3-4H3/b21-10+/t19-,20+,23?,24?,25?. The monoisotopic (exact) mass is 468 g/mol. The molecule has 0 saturated carbocycles. The molecule has 0 aromatic heterocycles. The number of allylic oxidation sites excluding steroid dienone is 3. The summed E-state index contributed by atoms with van der Waals surface area (Å²) >= 11 is 0. The molecule has 0 aliphatic carbocycles. The molecule has 2 rings (SSSR count). The number of piperazine rings is 1. The number of nitrogens with zero attached hydrogens (tertiary/aromatic N) is 2. The van der Waals surface area contributed by atoms with Crippen molar-refractivity contribution in [2.75, 3.05) is 13.1 Å². The zero-order chi connectivity index (χ0) is 25.3. The van der Waals surface area contributed by atoms with E-state index in [4.69, 9.17) is 11.5 Å². The molecule has 1 heterocycles. The topological polar surface area (TPSA) is 113 Å². The van der Waals surface area contributed by atoms with Crippen LogP contribution in [0.5, 0.6) is 0 Å². The third kappa shape index (κ3) is 7.94. The molecule has 7 heteroatoms. The van der Waals surface area contributed by atoms with Gasteiger partial charge in [-0.2, -0.15) is 0 Å². The Morgan fingerprint density at radius 2 is 1.68 bits per heavy atom. The molecule has 34 heavy (non-hydrogen) atoms.